The number of rotatable bonds is 6. The number of benzene rings is 2. The summed E-state index contributed by atoms with van der Waals surface area (Å²) in [6.45, 7) is 17.2. The van der Waals surface area contributed by atoms with Gasteiger partial charge >= 0.3 is 0 Å². The van der Waals surface area contributed by atoms with Crippen LogP contribution in [-0.2, 0) is 6.54 Å². The van der Waals surface area contributed by atoms with Gasteiger partial charge in [0.25, 0.3) is 0 Å². The van der Waals surface area contributed by atoms with Crippen molar-refractivity contribution in [1.82, 2.24) is 5.32 Å². The van der Waals surface area contributed by atoms with Crippen LogP contribution in [0.2, 0.25) is 39.3 Å². The van der Waals surface area contributed by atoms with Crippen molar-refractivity contribution >= 4 is 45.7 Å². The Bertz CT molecular complexity index is 792. The minimum atomic E-state index is -1.61. The molecule has 142 valence electrons. The van der Waals surface area contributed by atoms with Crippen LogP contribution in [0.25, 0.3) is 0 Å². The number of phenolic OH excluding ortho intramolecular Hbond substituents is 1. The Morgan fingerprint density at radius 2 is 1.65 bits per heavy atom. The third kappa shape index (κ3) is 4.86. The number of hydrogen-bond acceptors (Lipinski definition) is 2. The molecule has 2 aromatic rings. The fraction of sp³-hybridized carbons (Fsp3) is 0.429. The number of aryl methyl sites for hydroxylation is 1. The van der Waals surface area contributed by atoms with Gasteiger partial charge in [0, 0.05) is 11.8 Å². The molecule has 0 bridgehead atoms. The topological polar surface area (TPSA) is 32.3 Å². The molecule has 0 fully saturated rings. The summed E-state index contributed by atoms with van der Waals surface area (Å²) in [7, 11) is -0.593. The van der Waals surface area contributed by atoms with Crippen molar-refractivity contribution in [2.24, 2.45) is 0 Å². The molecule has 2 aromatic carbocycles. The maximum atomic E-state index is 11.1. The average molecular weight is 404 g/mol. The van der Waals surface area contributed by atoms with E-state index in [1.54, 1.807) is 0 Å². The first kappa shape index (κ1) is 21.4. The molecule has 0 saturated carbocycles. The van der Waals surface area contributed by atoms with Gasteiger partial charge in [-0.3, -0.25) is 0 Å². The largest absolute Gasteiger partial charge is 0.507 e. The van der Waals surface area contributed by atoms with Gasteiger partial charge in [-0.25, -0.2) is 0 Å². The predicted molar refractivity (Wildman–Crippen MR) is 126 cm³/mol. The Hall–Kier alpha value is -0.936. The van der Waals surface area contributed by atoms with Gasteiger partial charge in [0.15, 0.2) is 0 Å². The van der Waals surface area contributed by atoms with Crippen molar-refractivity contribution in [1.29, 1.82) is 0 Å². The molecule has 1 unspecified atom stereocenters. The lowest BCUT2D eigenvalue weighted by atomic mass is 10.1. The monoisotopic (exact) mass is 403 g/mol. The summed E-state index contributed by atoms with van der Waals surface area (Å²) in [5.41, 5.74) is 2.64. The van der Waals surface area contributed by atoms with E-state index < -0.39 is 16.1 Å². The standard InChI is InChI=1S/C21H34NOPSi2/c1-15-10-9-11-16(14-22-2)21(15)24-18-12-17(25(3,4)5)13-19(20(18)23)26(6,7)8/h9-13,22-24H,14H2,1-8H3. The second kappa shape index (κ2) is 7.97. The zero-order valence-electron chi connectivity index (χ0n) is 17.5. The molecular weight excluding hydrogens is 369 g/mol. The van der Waals surface area contributed by atoms with E-state index in [4.69, 9.17) is 0 Å². The highest BCUT2D eigenvalue weighted by Gasteiger charge is 2.27. The van der Waals surface area contributed by atoms with Crippen molar-refractivity contribution in [3.63, 3.8) is 0 Å². The van der Waals surface area contributed by atoms with Crippen LogP contribution >= 0.6 is 8.58 Å². The Labute approximate surface area is 163 Å². The molecule has 0 aliphatic carbocycles. The number of aromatic hydroxyl groups is 1. The molecule has 0 saturated heterocycles. The maximum absolute atomic E-state index is 11.1. The first-order valence-electron chi connectivity index (χ1n) is 9.33. The van der Waals surface area contributed by atoms with Crippen molar-refractivity contribution in [3.05, 3.63) is 41.5 Å². The van der Waals surface area contributed by atoms with Crippen molar-refractivity contribution in [3.8, 4) is 5.75 Å². The molecule has 0 heterocycles. The summed E-state index contributed by atoms with van der Waals surface area (Å²) < 4.78 is 0. The van der Waals surface area contributed by atoms with Crippen LogP contribution in [0.4, 0.5) is 0 Å². The predicted octanol–water partition coefficient (Wildman–Crippen LogP) is 3.14. The summed E-state index contributed by atoms with van der Waals surface area (Å²) in [5, 5.41) is 19.6. The molecule has 2 rings (SSSR count). The summed E-state index contributed by atoms with van der Waals surface area (Å²) in [6.07, 6.45) is 0. The van der Waals surface area contributed by atoms with Crippen LogP contribution in [0.1, 0.15) is 11.1 Å². The van der Waals surface area contributed by atoms with Crippen LogP contribution < -0.4 is 26.3 Å². The van der Waals surface area contributed by atoms with Crippen LogP contribution in [-0.4, -0.2) is 28.3 Å². The molecule has 0 radical (unpaired) electrons. The first-order valence-corrected chi connectivity index (χ1v) is 17.3. The molecule has 0 aliphatic heterocycles. The Kier molecular flexibility index (Phi) is 6.55. The molecular formula is C21H34NOPSi2. The van der Waals surface area contributed by atoms with Crippen LogP contribution in [0.3, 0.4) is 0 Å². The van der Waals surface area contributed by atoms with E-state index in [1.165, 1.54) is 26.8 Å². The minimum absolute atomic E-state index is 0.488. The first-order chi connectivity index (χ1) is 11.9. The average Bonchev–Trinajstić information content (AvgIpc) is 2.50. The zero-order chi connectivity index (χ0) is 19.7. The third-order valence-electron chi connectivity index (χ3n) is 4.77. The molecule has 0 aromatic heterocycles. The van der Waals surface area contributed by atoms with Crippen molar-refractivity contribution < 1.29 is 5.11 Å². The van der Waals surface area contributed by atoms with Gasteiger partial charge in [0.2, 0.25) is 0 Å². The molecule has 26 heavy (non-hydrogen) atoms. The lowest BCUT2D eigenvalue weighted by molar-refractivity contribution is 0.484. The highest BCUT2D eigenvalue weighted by molar-refractivity contribution is 7.56. The number of nitrogens with one attached hydrogen (secondary N) is 1. The molecule has 2 nitrogen and oxygen atoms in total. The minimum Gasteiger partial charge on any atom is -0.507 e. The van der Waals surface area contributed by atoms with Gasteiger partial charge in [0.1, 0.15) is 5.75 Å². The highest BCUT2D eigenvalue weighted by atomic mass is 31.1. The molecule has 2 N–H and O–H groups in total. The Morgan fingerprint density at radius 1 is 1.00 bits per heavy atom. The second-order valence-electron chi connectivity index (χ2n) is 9.18. The van der Waals surface area contributed by atoms with E-state index in [9.17, 15) is 5.11 Å². The Morgan fingerprint density at radius 3 is 2.19 bits per heavy atom. The van der Waals surface area contributed by atoms with E-state index in [0.29, 0.717) is 14.3 Å². The lowest BCUT2D eigenvalue weighted by Crippen LogP contribution is -2.47. The van der Waals surface area contributed by atoms with E-state index in [0.717, 1.165) is 11.8 Å². The Balaban J connectivity index is 2.64. The SMILES string of the molecule is CNCc1cccc(C)c1Pc1cc([Si](C)(C)C)cc([Si](C)(C)C)c1O. The summed E-state index contributed by atoms with van der Waals surface area (Å²) >= 11 is 0. The van der Waals surface area contributed by atoms with Gasteiger partial charge in [-0.05, 0) is 35.6 Å². The van der Waals surface area contributed by atoms with E-state index >= 15 is 0 Å². The van der Waals surface area contributed by atoms with E-state index in [2.05, 4.69) is 81.9 Å². The fourth-order valence-electron chi connectivity index (χ4n) is 3.11. The van der Waals surface area contributed by atoms with Crippen molar-refractivity contribution in [2.75, 3.05) is 7.05 Å². The van der Waals surface area contributed by atoms with Crippen LogP contribution in [0, 0.1) is 6.92 Å². The molecule has 1 atom stereocenters. The fourth-order valence-corrected chi connectivity index (χ4v) is 7.48. The van der Waals surface area contributed by atoms with Gasteiger partial charge < -0.3 is 10.4 Å². The van der Waals surface area contributed by atoms with Crippen LogP contribution in [0.15, 0.2) is 30.3 Å². The summed E-state index contributed by atoms with van der Waals surface area (Å²) in [6, 6.07) is 11.1. The van der Waals surface area contributed by atoms with Gasteiger partial charge in [-0.1, -0.05) is 83.4 Å². The summed E-state index contributed by atoms with van der Waals surface area (Å²) in [4.78, 5) is 0. The smallest absolute Gasteiger partial charge is 0.122 e. The zero-order valence-corrected chi connectivity index (χ0v) is 20.5. The number of hydrogen-bond donors (Lipinski definition) is 2. The maximum Gasteiger partial charge on any atom is 0.122 e. The molecule has 5 heteroatoms. The van der Waals surface area contributed by atoms with Gasteiger partial charge in [-0.2, -0.15) is 0 Å². The normalized spacial score (nSPS) is 12.9. The molecule has 0 spiro atoms. The number of phenols is 1. The molecule has 0 amide bonds. The van der Waals surface area contributed by atoms with E-state index in [-0.39, 0.29) is 0 Å². The summed E-state index contributed by atoms with van der Waals surface area (Å²) in [5.74, 6) is 0.545. The lowest BCUT2D eigenvalue weighted by Gasteiger charge is -2.26. The van der Waals surface area contributed by atoms with Gasteiger partial charge in [0.05, 0.1) is 16.1 Å². The van der Waals surface area contributed by atoms with Crippen LogP contribution in [0.5, 0.6) is 5.75 Å². The quantitative estimate of drug-likeness (QED) is 0.574. The molecule has 0 aliphatic rings. The van der Waals surface area contributed by atoms with Gasteiger partial charge in [-0.15, -0.1) is 0 Å². The second-order valence-corrected chi connectivity index (χ2v) is 20.6. The highest BCUT2D eigenvalue weighted by Crippen LogP contribution is 2.23. The third-order valence-corrected chi connectivity index (χ3v) is 10.4. The van der Waals surface area contributed by atoms with Crippen molar-refractivity contribution in [2.45, 2.75) is 52.8 Å². The van der Waals surface area contributed by atoms with E-state index in [1.807, 2.05) is 7.05 Å².